The number of carboxylic acid groups (broad SMARTS) is 1. The third-order valence-electron chi connectivity index (χ3n) is 5.02. The summed E-state index contributed by atoms with van der Waals surface area (Å²) in [4.78, 5) is 25.0. The standard InChI is InChI=1S/C16H26N2O3/c1-2-6-13(14(19)20)17-15(21)18-11-9-16(10-12-18)7-4-3-5-8-16/h2,13H,1,3-12H2,(H,17,21)(H,19,20). The molecule has 0 bridgehead atoms. The van der Waals surface area contributed by atoms with Crippen molar-refractivity contribution in [3.8, 4) is 0 Å². The Bertz CT molecular complexity index is 392. The molecule has 2 rings (SSSR count). The third-order valence-corrected chi connectivity index (χ3v) is 5.02. The SMILES string of the molecule is C=CCC(NC(=O)N1CCC2(CCCCC2)CC1)C(=O)O. The zero-order valence-corrected chi connectivity index (χ0v) is 12.6. The van der Waals surface area contributed by atoms with Crippen molar-refractivity contribution in [2.45, 2.75) is 57.4 Å². The van der Waals surface area contributed by atoms with E-state index in [1.165, 1.54) is 38.2 Å². The van der Waals surface area contributed by atoms with Crippen molar-refractivity contribution in [1.82, 2.24) is 10.2 Å². The highest BCUT2D eigenvalue weighted by Crippen LogP contribution is 2.44. The average Bonchev–Trinajstić information content (AvgIpc) is 2.48. The van der Waals surface area contributed by atoms with Gasteiger partial charge in [-0.15, -0.1) is 6.58 Å². The largest absolute Gasteiger partial charge is 0.480 e. The van der Waals surface area contributed by atoms with Crippen LogP contribution < -0.4 is 5.32 Å². The molecule has 5 nitrogen and oxygen atoms in total. The molecule has 1 unspecified atom stereocenters. The second-order valence-corrected chi connectivity index (χ2v) is 6.41. The normalized spacial score (nSPS) is 22.6. The lowest BCUT2D eigenvalue weighted by atomic mass is 9.68. The van der Waals surface area contributed by atoms with Gasteiger partial charge in [0.25, 0.3) is 0 Å². The van der Waals surface area contributed by atoms with Crippen LogP contribution in [-0.4, -0.2) is 41.1 Å². The van der Waals surface area contributed by atoms with Gasteiger partial charge in [0, 0.05) is 13.1 Å². The van der Waals surface area contributed by atoms with E-state index in [-0.39, 0.29) is 12.5 Å². The van der Waals surface area contributed by atoms with Crippen LogP contribution in [0.1, 0.15) is 51.4 Å². The average molecular weight is 294 g/mol. The molecule has 21 heavy (non-hydrogen) atoms. The number of piperidine rings is 1. The molecule has 1 spiro atoms. The Labute approximate surface area is 126 Å². The van der Waals surface area contributed by atoms with Gasteiger partial charge >= 0.3 is 12.0 Å². The highest BCUT2D eigenvalue weighted by atomic mass is 16.4. The number of aliphatic carboxylic acids is 1. The first kappa shape index (κ1) is 15.9. The Kier molecular flexibility index (Phi) is 5.26. The van der Waals surface area contributed by atoms with Crippen LogP contribution in [0.5, 0.6) is 0 Å². The highest BCUT2D eigenvalue weighted by molar-refractivity contribution is 5.82. The number of likely N-dealkylation sites (tertiary alicyclic amines) is 1. The third kappa shape index (κ3) is 3.99. The lowest BCUT2D eigenvalue weighted by Crippen LogP contribution is -2.51. The fourth-order valence-electron chi connectivity index (χ4n) is 3.61. The van der Waals surface area contributed by atoms with Crippen LogP contribution in [0, 0.1) is 5.41 Å². The van der Waals surface area contributed by atoms with Crippen molar-refractivity contribution in [3.05, 3.63) is 12.7 Å². The second kappa shape index (κ2) is 6.96. The number of nitrogens with one attached hydrogen (secondary N) is 1. The minimum absolute atomic E-state index is 0.249. The van der Waals surface area contributed by atoms with Crippen molar-refractivity contribution in [2.75, 3.05) is 13.1 Å². The zero-order chi connectivity index (χ0) is 15.3. The predicted molar refractivity (Wildman–Crippen MR) is 81.1 cm³/mol. The van der Waals surface area contributed by atoms with Crippen LogP contribution in [0.2, 0.25) is 0 Å². The molecule has 0 aromatic rings. The molecule has 2 N–H and O–H groups in total. The lowest BCUT2D eigenvalue weighted by Gasteiger charge is -2.44. The number of amides is 2. The fourth-order valence-corrected chi connectivity index (χ4v) is 3.61. The molecule has 1 aliphatic heterocycles. The molecule has 0 radical (unpaired) electrons. The Morgan fingerprint density at radius 3 is 2.33 bits per heavy atom. The molecule has 1 saturated heterocycles. The van der Waals surface area contributed by atoms with E-state index >= 15 is 0 Å². The molecular weight excluding hydrogens is 268 g/mol. The first-order valence-corrected chi connectivity index (χ1v) is 7.95. The molecule has 0 aromatic heterocycles. The summed E-state index contributed by atoms with van der Waals surface area (Å²) < 4.78 is 0. The van der Waals surface area contributed by atoms with E-state index in [0.717, 1.165) is 25.9 Å². The van der Waals surface area contributed by atoms with Crippen LogP contribution >= 0.6 is 0 Å². The van der Waals surface area contributed by atoms with Crippen LogP contribution in [-0.2, 0) is 4.79 Å². The summed E-state index contributed by atoms with van der Waals surface area (Å²) in [6.07, 6.45) is 10.4. The minimum Gasteiger partial charge on any atom is -0.480 e. The molecule has 1 heterocycles. The van der Waals surface area contributed by atoms with E-state index in [2.05, 4.69) is 11.9 Å². The van der Waals surface area contributed by atoms with Crippen LogP contribution in [0.4, 0.5) is 4.79 Å². The number of hydrogen-bond donors (Lipinski definition) is 2. The molecule has 2 amide bonds. The first-order valence-electron chi connectivity index (χ1n) is 7.95. The molecule has 5 heteroatoms. The van der Waals surface area contributed by atoms with Crippen molar-refractivity contribution in [2.24, 2.45) is 5.41 Å². The Balaban J connectivity index is 1.84. The van der Waals surface area contributed by atoms with Gasteiger partial charge in [0.2, 0.25) is 0 Å². The van der Waals surface area contributed by atoms with E-state index in [1.807, 2.05) is 0 Å². The van der Waals surface area contributed by atoms with Gasteiger partial charge in [0.15, 0.2) is 0 Å². The molecular formula is C16H26N2O3. The number of hydrogen-bond acceptors (Lipinski definition) is 2. The van der Waals surface area contributed by atoms with Gasteiger partial charge in [-0.05, 0) is 37.5 Å². The number of carbonyl (C=O) groups excluding carboxylic acids is 1. The summed E-state index contributed by atoms with van der Waals surface area (Å²) in [5.41, 5.74) is 0.447. The summed E-state index contributed by atoms with van der Waals surface area (Å²) in [5, 5.41) is 11.7. The summed E-state index contributed by atoms with van der Waals surface area (Å²) >= 11 is 0. The van der Waals surface area contributed by atoms with Crippen LogP contribution in [0.25, 0.3) is 0 Å². The zero-order valence-electron chi connectivity index (χ0n) is 12.6. The van der Waals surface area contributed by atoms with Crippen molar-refractivity contribution < 1.29 is 14.7 Å². The predicted octanol–water partition coefficient (Wildman–Crippen LogP) is 2.77. The molecule has 0 aromatic carbocycles. The monoisotopic (exact) mass is 294 g/mol. The van der Waals surface area contributed by atoms with Crippen LogP contribution in [0.15, 0.2) is 12.7 Å². The molecule has 1 atom stereocenters. The smallest absolute Gasteiger partial charge is 0.326 e. The minimum atomic E-state index is -1.01. The Morgan fingerprint density at radius 2 is 1.81 bits per heavy atom. The van der Waals surface area contributed by atoms with Crippen molar-refractivity contribution in [1.29, 1.82) is 0 Å². The molecule has 1 aliphatic carbocycles. The van der Waals surface area contributed by atoms with Gasteiger partial charge in [-0.25, -0.2) is 9.59 Å². The van der Waals surface area contributed by atoms with Gasteiger partial charge in [-0.3, -0.25) is 0 Å². The van der Waals surface area contributed by atoms with Gasteiger partial charge in [0.05, 0.1) is 0 Å². The summed E-state index contributed by atoms with van der Waals surface area (Å²) in [6.45, 7) is 5.02. The molecule has 2 aliphatic rings. The Hall–Kier alpha value is -1.52. The maximum atomic E-state index is 12.2. The molecule has 118 valence electrons. The van der Waals surface area contributed by atoms with Gasteiger partial charge in [-0.1, -0.05) is 25.3 Å². The maximum Gasteiger partial charge on any atom is 0.326 e. The summed E-state index contributed by atoms with van der Waals surface area (Å²) in [6, 6.07) is -1.13. The topological polar surface area (TPSA) is 69.6 Å². The van der Waals surface area contributed by atoms with Gasteiger partial charge in [0.1, 0.15) is 6.04 Å². The van der Waals surface area contributed by atoms with Gasteiger partial charge in [-0.2, -0.15) is 0 Å². The van der Waals surface area contributed by atoms with E-state index in [1.54, 1.807) is 4.90 Å². The quantitative estimate of drug-likeness (QED) is 0.783. The summed E-state index contributed by atoms with van der Waals surface area (Å²) in [7, 11) is 0. The Morgan fingerprint density at radius 1 is 1.19 bits per heavy atom. The molecule has 1 saturated carbocycles. The second-order valence-electron chi connectivity index (χ2n) is 6.41. The highest BCUT2D eigenvalue weighted by Gasteiger charge is 2.37. The number of carbonyl (C=O) groups is 2. The van der Waals surface area contributed by atoms with E-state index in [9.17, 15) is 9.59 Å². The maximum absolute atomic E-state index is 12.2. The van der Waals surface area contributed by atoms with E-state index in [4.69, 9.17) is 5.11 Å². The van der Waals surface area contributed by atoms with Crippen molar-refractivity contribution >= 4 is 12.0 Å². The number of nitrogens with zero attached hydrogens (tertiary/aromatic N) is 1. The van der Waals surface area contributed by atoms with Gasteiger partial charge < -0.3 is 15.3 Å². The number of carboxylic acids is 1. The van der Waals surface area contributed by atoms with Crippen LogP contribution in [0.3, 0.4) is 0 Å². The fraction of sp³-hybridized carbons (Fsp3) is 0.750. The van der Waals surface area contributed by atoms with E-state index < -0.39 is 12.0 Å². The van der Waals surface area contributed by atoms with E-state index in [0.29, 0.717) is 5.41 Å². The molecule has 2 fully saturated rings. The van der Waals surface area contributed by atoms with Crippen molar-refractivity contribution in [3.63, 3.8) is 0 Å². The first-order chi connectivity index (χ1) is 10.1. The number of urea groups is 1. The lowest BCUT2D eigenvalue weighted by molar-refractivity contribution is -0.139. The summed E-state index contributed by atoms with van der Waals surface area (Å²) in [5.74, 6) is -1.01. The number of rotatable bonds is 4.